The monoisotopic (exact) mass is 258 g/mol. The summed E-state index contributed by atoms with van der Waals surface area (Å²) in [6, 6.07) is 0. The van der Waals surface area contributed by atoms with Crippen LogP contribution < -0.4 is 5.32 Å². The molecule has 1 atom stereocenters. The molecule has 0 aliphatic carbocycles. The number of likely N-dealkylation sites (tertiary alicyclic amines) is 1. The van der Waals surface area contributed by atoms with E-state index in [2.05, 4.69) is 5.32 Å². The van der Waals surface area contributed by atoms with Gasteiger partial charge in [0.1, 0.15) is 5.60 Å². The van der Waals surface area contributed by atoms with Crippen molar-refractivity contribution in [3.05, 3.63) is 0 Å². The topological polar surface area (TPSA) is 71.0 Å². The fourth-order valence-corrected chi connectivity index (χ4v) is 2.31. The van der Waals surface area contributed by atoms with E-state index in [1.54, 1.807) is 4.90 Å². The SMILES string of the molecule is CC(C)(C)OC(=O)N1CCC2(CC1)CNC(O)O2. The number of hydrogen-bond acceptors (Lipinski definition) is 5. The number of ether oxygens (including phenoxy) is 2. The largest absolute Gasteiger partial charge is 0.444 e. The molecular weight excluding hydrogens is 236 g/mol. The lowest BCUT2D eigenvalue weighted by atomic mass is 9.92. The second kappa shape index (κ2) is 4.68. The first-order chi connectivity index (χ1) is 8.30. The lowest BCUT2D eigenvalue weighted by molar-refractivity contribution is -0.156. The van der Waals surface area contributed by atoms with Crippen LogP contribution in [0, 0.1) is 0 Å². The van der Waals surface area contributed by atoms with Crippen LogP contribution in [0.4, 0.5) is 4.79 Å². The van der Waals surface area contributed by atoms with Gasteiger partial charge in [-0.25, -0.2) is 4.79 Å². The van der Waals surface area contributed by atoms with Crippen LogP contribution in [0.1, 0.15) is 33.6 Å². The molecule has 2 N–H and O–H groups in total. The molecule has 1 unspecified atom stereocenters. The minimum Gasteiger partial charge on any atom is -0.444 e. The molecule has 0 saturated carbocycles. The molecule has 2 fully saturated rings. The standard InChI is InChI=1S/C12H22N2O4/c1-11(2,3)18-10(16)14-6-4-12(5-7-14)8-13-9(15)17-12/h9,13,15H,4-8H2,1-3H3. The van der Waals surface area contributed by atoms with Crippen LogP contribution in [0.15, 0.2) is 0 Å². The van der Waals surface area contributed by atoms with Gasteiger partial charge in [0, 0.05) is 19.6 Å². The fraction of sp³-hybridized carbons (Fsp3) is 0.917. The zero-order valence-electron chi connectivity index (χ0n) is 11.2. The van der Waals surface area contributed by atoms with Crippen LogP contribution in [-0.2, 0) is 9.47 Å². The van der Waals surface area contributed by atoms with Gasteiger partial charge in [0.05, 0.1) is 5.60 Å². The highest BCUT2D eigenvalue weighted by atomic mass is 16.6. The molecule has 6 nitrogen and oxygen atoms in total. The van der Waals surface area contributed by atoms with E-state index in [4.69, 9.17) is 9.47 Å². The number of nitrogens with one attached hydrogen (secondary N) is 1. The van der Waals surface area contributed by atoms with Gasteiger partial charge in [0.2, 0.25) is 6.41 Å². The Morgan fingerprint density at radius 2 is 2.06 bits per heavy atom. The second-order valence-electron chi connectivity index (χ2n) is 6.00. The van der Waals surface area contributed by atoms with E-state index in [0.717, 1.165) is 12.8 Å². The fourth-order valence-electron chi connectivity index (χ4n) is 2.31. The third-order valence-electron chi connectivity index (χ3n) is 3.29. The van der Waals surface area contributed by atoms with Gasteiger partial charge in [-0.15, -0.1) is 0 Å². The summed E-state index contributed by atoms with van der Waals surface area (Å²) in [7, 11) is 0. The molecule has 6 heteroatoms. The summed E-state index contributed by atoms with van der Waals surface area (Å²) in [6.07, 6.45) is 0.286. The quantitative estimate of drug-likeness (QED) is 0.667. The number of carbonyl (C=O) groups is 1. The van der Waals surface area contributed by atoms with E-state index in [1.165, 1.54) is 0 Å². The summed E-state index contributed by atoms with van der Waals surface area (Å²) >= 11 is 0. The first kappa shape index (κ1) is 13.6. The molecule has 1 spiro atoms. The molecule has 2 heterocycles. The Bertz CT molecular complexity index is 319. The van der Waals surface area contributed by atoms with Gasteiger partial charge in [0.25, 0.3) is 0 Å². The average molecular weight is 258 g/mol. The van der Waals surface area contributed by atoms with Gasteiger partial charge >= 0.3 is 6.09 Å². The molecule has 1 amide bonds. The van der Waals surface area contributed by atoms with Crippen molar-refractivity contribution in [1.82, 2.24) is 10.2 Å². The van der Waals surface area contributed by atoms with Gasteiger partial charge < -0.3 is 19.5 Å². The molecule has 2 rings (SSSR count). The maximum absolute atomic E-state index is 11.9. The minimum absolute atomic E-state index is 0.274. The third kappa shape index (κ3) is 3.13. The van der Waals surface area contributed by atoms with Crippen LogP contribution in [0.2, 0.25) is 0 Å². The smallest absolute Gasteiger partial charge is 0.410 e. The minimum atomic E-state index is -0.877. The van der Waals surface area contributed by atoms with Crippen molar-refractivity contribution in [3.8, 4) is 0 Å². The van der Waals surface area contributed by atoms with E-state index in [9.17, 15) is 9.90 Å². The molecule has 2 aliphatic rings. The first-order valence-corrected chi connectivity index (χ1v) is 6.37. The Morgan fingerprint density at radius 3 is 2.50 bits per heavy atom. The molecule has 0 aromatic rings. The van der Waals surface area contributed by atoms with Crippen molar-refractivity contribution in [2.75, 3.05) is 19.6 Å². The van der Waals surface area contributed by atoms with Crippen molar-refractivity contribution < 1.29 is 19.4 Å². The van der Waals surface area contributed by atoms with Crippen molar-refractivity contribution in [1.29, 1.82) is 0 Å². The molecular formula is C12H22N2O4. The van der Waals surface area contributed by atoms with E-state index in [0.29, 0.717) is 19.6 Å². The Morgan fingerprint density at radius 1 is 1.44 bits per heavy atom. The normalized spacial score (nSPS) is 27.6. The van der Waals surface area contributed by atoms with E-state index >= 15 is 0 Å². The number of amides is 1. The van der Waals surface area contributed by atoms with E-state index < -0.39 is 12.0 Å². The summed E-state index contributed by atoms with van der Waals surface area (Å²) in [4.78, 5) is 13.6. The predicted molar refractivity (Wildman–Crippen MR) is 64.9 cm³/mol. The summed E-state index contributed by atoms with van der Waals surface area (Å²) < 4.78 is 10.8. The van der Waals surface area contributed by atoms with Crippen molar-refractivity contribution >= 4 is 6.09 Å². The van der Waals surface area contributed by atoms with Crippen molar-refractivity contribution in [2.45, 2.75) is 51.2 Å². The second-order valence-corrected chi connectivity index (χ2v) is 6.00. The zero-order valence-corrected chi connectivity index (χ0v) is 11.2. The Kier molecular flexibility index (Phi) is 3.53. The molecule has 104 valence electrons. The number of hydrogen-bond donors (Lipinski definition) is 2. The lowest BCUT2D eigenvalue weighted by Crippen LogP contribution is -2.49. The Hall–Kier alpha value is -0.850. The summed E-state index contributed by atoms with van der Waals surface area (Å²) in [5.41, 5.74) is -0.786. The Balaban J connectivity index is 1.85. The first-order valence-electron chi connectivity index (χ1n) is 6.37. The molecule has 0 aromatic heterocycles. The average Bonchev–Trinajstić information content (AvgIpc) is 2.58. The number of rotatable bonds is 0. The number of carbonyl (C=O) groups excluding carboxylic acids is 1. The lowest BCUT2D eigenvalue weighted by Gasteiger charge is -2.38. The highest BCUT2D eigenvalue weighted by Gasteiger charge is 2.43. The highest BCUT2D eigenvalue weighted by molar-refractivity contribution is 5.68. The molecule has 18 heavy (non-hydrogen) atoms. The maximum atomic E-state index is 11.9. The molecule has 0 bridgehead atoms. The van der Waals surface area contributed by atoms with Gasteiger partial charge in [-0.2, -0.15) is 0 Å². The maximum Gasteiger partial charge on any atom is 0.410 e. The number of aliphatic hydroxyl groups excluding tert-OH is 1. The molecule has 2 saturated heterocycles. The summed E-state index contributed by atoms with van der Waals surface area (Å²) in [5.74, 6) is 0. The van der Waals surface area contributed by atoms with Crippen molar-refractivity contribution in [2.24, 2.45) is 0 Å². The molecule has 0 aromatic carbocycles. The van der Waals surface area contributed by atoms with Gasteiger partial charge in [-0.05, 0) is 33.6 Å². The van der Waals surface area contributed by atoms with E-state index in [1.807, 2.05) is 20.8 Å². The van der Waals surface area contributed by atoms with Crippen LogP contribution >= 0.6 is 0 Å². The van der Waals surface area contributed by atoms with Crippen LogP contribution in [-0.4, -0.2) is 53.4 Å². The van der Waals surface area contributed by atoms with Crippen LogP contribution in [0.25, 0.3) is 0 Å². The zero-order chi connectivity index (χ0) is 13.4. The van der Waals surface area contributed by atoms with Crippen molar-refractivity contribution in [3.63, 3.8) is 0 Å². The summed E-state index contributed by atoms with van der Waals surface area (Å²) in [6.45, 7) is 7.41. The predicted octanol–water partition coefficient (Wildman–Crippen LogP) is 0.652. The van der Waals surface area contributed by atoms with Crippen LogP contribution in [0.3, 0.4) is 0 Å². The number of piperidine rings is 1. The molecule has 0 radical (unpaired) electrons. The van der Waals surface area contributed by atoms with Crippen LogP contribution in [0.5, 0.6) is 0 Å². The third-order valence-corrected chi connectivity index (χ3v) is 3.29. The van der Waals surface area contributed by atoms with Gasteiger partial charge in [-0.1, -0.05) is 0 Å². The highest BCUT2D eigenvalue weighted by Crippen LogP contribution is 2.30. The number of nitrogens with zero attached hydrogens (tertiary/aromatic N) is 1. The Labute approximate surface area is 107 Å². The van der Waals surface area contributed by atoms with Gasteiger partial charge in [0.15, 0.2) is 0 Å². The molecule has 2 aliphatic heterocycles. The number of aliphatic hydroxyl groups is 1. The summed E-state index contributed by atoms with van der Waals surface area (Å²) in [5, 5.41) is 12.2. The van der Waals surface area contributed by atoms with E-state index in [-0.39, 0.29) is 11.7 Å². The van der Waals surface area contributed by atoms with Gasteiger partial charge in [-0.3, -0.25) is 5.32 Å².